The Morgan fingerprint density at radius 1 is 1.56 bits per heavy atom. The number of amides is 1. The van der Waals surface area contributed by atoms with Gasteiger partial charge in [0.15, 0.2) is 0 Å². The highest BCUT2D eigenvalue weighted by molar-refractivity contribution is 7.80. The van der Waals surface area contributed by atoms with Crippen LogP contribution in [-0.4, -0.2) is 32.7 Å². The van der Waals surface area contributed by atoms with Gasteiger partial charge in [0.1, 0.15) is 6.54 Å². The largest absolute Gasteiger partial charge is 0.354 e. The molecule has 0 bridgehead atoms. The van der Waals surface area contributed by atoms with Gasteiger partial charge in [-0.25, -0.2) is 4.79 Å². The third-order valence-electron chi connectivity index (χ3n) is 1.94. The van der Waals surface area contributed by atoms with Crippen LogP contribution in [0.5, 0.6) is 0 Å². The summed E-state index contributed by atoms with van der Waals surface area (Å²) < 4.78 is 0.757. The fourth-order valence-corrected chi connectivity index (χ4v) is 1.26. The maximum Gasteiger partial charge on any atom is 0.350 e. The predicted octanol–water partition coefficient (Wildman–Crippen LogP) is -1.51. The van der Waals surface area contributed by atoms with Crippen LogP contribution in [-0.2, 0) is 11.3 Å². The first kappa shape index (κ1) is 14.0. The van der Waals surface area contributed by atoms with Gasteiger partial charge in [0, 0.05) is 12.3 Å². The zero-order valence-electron chi connectivity index (χ0n) is 9.08. The molecule has 1 amide bonds. The summed E-state index contributed by atoms with van der Waals surface area (Å²) in [5.41, 5.74) is -2.78. The summed E-state index contributed by atoms with van der Waals surface area (Å²) in [4.78, 5) is 45.0. The van der Waals surface area contributed by atoms with E-state index in [0.717, 1.165) is 10.8 Å². The molecular weight excluding hydrogens is 264 g/mol. The van der Waals surface area contributed by atoms with E-state index < -0.39 is 34.3 Å². The number of aromatic nitrogens is 2. The summed E-state index contributed by atoms with van der Waals surface area (Å²) >= 11 is 3.88. The Morgan fingerprint density at radius 2 is 2.22 bits per heavy atom. The van der Waals surface area contributed by atoms with E-state index in [1.165, 1.54) is 0 Å². The number of aromatic amines is 1. The molecule has 10 heteroatoms. The number of hydrogen-bond donors (Lipinski definition) is 3. The molecule has 9 nitrogen and oxygen atoms in total. The monoisotopic (exact) mass is 274 g/mol. The molecule has 1 aromatic rings. The molecule has 1 rings (SSSR count). The highest BCUT2D eigenvalue weighted by Gasteiger charge is 2.15. The number of H-pyrrole nitrogens is 1. The minimum absolute atomic E-state index is 0.308. The van der Waals surface area contributed by atoms with Crippen molar-refractivity contribution in [3.8, 4) is 0 Å². The summed E-state index contributed by atoms with van der Waals surface area (Å²) in [5.74, 6) is -0.0839. The van der Waals surface area contributed by atoms with Crippen LogP contribution in [0.15, 0.2) is 15.8 Å². The fraction of sp³-hybridized carbons (Fsp3) is 0.375. The molecule has 0 aliphatic carbocycles. The average molecular weight is 274 g/mol. The molecule has 0 saturated carbocycles. The molecule has 98 valence electrons. The molecule has 1 aromatic heterocycles. The second-order valence-electron chi connectivity index (χ2n) is 3.23. The van der Waals surface area contributed by atoms with E-state index in [2.05, 4.69) is 17.9 Å². The predicted molar refractivity (Wildman–Crippen MR) is 64.8 cm³/mol. The second-order valence-corrected chi connectivity index (χ2v) is 3.68. The van der Waals surface area contributed by atoms with Gasteiger partial charge in [-0.2, -0.15) is 12.6 Å². The highest BCUT2D eigenvalue weighted by atomic mass is 32.1. The third kappa shape index (κ3) is 3.45. The van der Waals surface area contributed by atoms with E-state index in [1.54, 1.807) is 4.98 Å². The molecule has 0 unspecified atom stereocenters. The van der Waals surface area contributed by atoms with Crippen molar-refractivity contribution in [2.24, 2.45) is 0 Å². The Bertz CT molecular complexity index is 578. The lowest BCUT2D eigenvalue weighted by Gasteiger charge is -2.05. The topological polar surface area (TPSA) is 127 Å². The molecule has 0 radical (unpaired) electrons. The quantitative estimate of drug-likeness (QED) is 0.342. The Morgan fingerprint density at radius 3 is 2.78 bits per heavy atom. The number of carbonyl (C=O) groups excluding carboxylic acids is 1. The van der Waals surface area contributed by atoms with E-state index in [1.807, 2.05) is 0 Å². The zero-order chi connectivity index (χ0) is 13.7. The third-order valence-corrected chi connectivity index (χ3v) is 2.16. The van der Waals surface area contributed by atoms with E-state index in [-0.39, 0.29) is 0 Å². The number of rotatable bonds is 5. The molecule has 0 saturated heterocycles. The van der Waals surface area contributed by atoms with Gasteiger partial charge in [-0.1, -0.05) is 0 Å². The summed E-state index contributed by atoms with van der Waals surface area (Å²) in [6, 6.07) is 0. The lowest BCUT2D eigenvalue weighted by molar-refractivity contribution is -0.386. The Balaban J connectivity index is 2.99. The van der Waals surface area contributed by atoms with Gasteiger partial charge >= 0.3 is 16.9 Å². The van der Waals surface area contributed by atoms with Crippen LogP contribution in [0.25, 0.3) is 0 Å². The number of hydrogen-bond acceptors (Lipinski definition) is 6. The second kappa shape index (κ2) is 6.00. The van der Waals surface area contributed by atoms with Gasteiger partial charge < -0.3 is 5.32 Å². The van der Waals surface area contributed by atoms with Crippen LogP contribution >= 0.6 is 12.6 Å². The molecule has 0 atom stereocenters. The number of thiol groups is 1. The van der Waals surface area contributed by atoms with Crippen LogP contribution in [0.4, 0.5) is 5.69 Å². The summed E-state index contributed by atoms with van der Waals surface area (Å²) in [5, 5.41) is 12.9. The van der Waals surface area contributed by atoms with Gasteiger partial charge in [-0.05, 0) is 0 Å². The molecule has 0 aliphatic rings. The number of nitrogens with one attached hydrogen (secondary N) is 2. The normalized spacial score (nSPS) is 10.1. The lowest BCUT2D eigenvalue weighted by Crippen LogP contribution is -2.36. The molecule has 2 N–H and O–H groups in total. The molecule has 0 aromatic carbocycles. The van der Waals surface area contributed by atoms with Crippen LogP contribution < -0.4 is 16.6 Å². The number of carbonyl (C=O) groups is 1. The van der Waals surface area contributed by atoms with E-state index in [0.29, 0.717) is 12.3 Å². The smallest absolute Gasteiger partial charge is 0.350 e. The van der Waals surface area contributed by atoms with Crippen molar-refractivity contribution in [1.82, 2.24) is 14.9 Å². The highest BCUT2D eigenvalue weighted by Crippen LogP contribution is 1.98. The molecular formula is C8H10N4O5S. The number of nitro groups is 1. The van der Waals surface area contributed by atoms with Gasteiger partial charge in [-0.15, -0.1) is 0 Å². The molecule has 0 spiro atoms. The first-order valence-electron chi connectivity index (χ1n) is 4.81. The van der Waals surface area contributed by atoms with Crippen molar-refractivity contribution in [1.29, 1.82) is 0 Å². The molecule has 1 heterocycles. The van der Waals surface area contributed by atoms with E-state index in [9.17, 15) is 24.5 Å². The molecule has 18 heavy (non-hydrogen) atoms. The molecule has 0 aliphatic heterocycles. The minimum Gasteiger partial charge on any atom is -0.354 e. The van der Waals surface area contributed by atoms with Crippen molar-refractivity contribution in [2.75, 3.05) is 12.3 Å². The van der Waals surface area contributed by atoms with E-state index in [4.69, 9.17) is 0 Å². The summed E-state index contributed by atoms with van der Waals surface area (Å²) in [7, 11) is 0. The maximum atomic E-state index is 11.3. The van der Waals surface area contributed by atoms with Crippen LogP contribution in [0.2, 0.25) is 0 Å². The maximum absolute atomic E-state index is 11.3. The van der Waals surface area contributed by atoms with Crippen LogP contribution in [0.1, 0.15) is 0 Å². The Hall–Kier alpha value is -2.10. The average Bonchev–Trinajstić information content (AvgIpc) is 2.29. The van der Waals surface area contributed by atoms with Crippen molar-refractivity contribution >= 4 is 24.2 Å². The van der Waals surface area contributed by atoms with Gasteiger partial charge in [0.25, 0.3) is 0 Å². The van der Waals surface area contributed by atoms with Gasteiger partial charge in [0.2, 0.25) is 5.91 Å². The summed E-state index contributed by atoms with van der Waals surface area (Å²) in [6.07, 6.45) is 0.738. The van der Waals surface area contributed by atoms with Crippen molar-refractivity contribution in [3.63, 3.8) is 0 Å². The lowest BCUT2D eigenvalue weighted by atomic mass is 10.5. The first-order chi connectivity index (χ1) is 8.45. The first-order valence-corrected chi connectivity index (χ1v) is 5.44. The zero-order valence-corrected chi connectivity index (χ0v) is 9.98. The molecule has 0 fully saturated rings. The standard InChI is InChI=1S/C8H10N4O5S/c13-6(9-1-2-18)4-11-3-5(12(16)17)7(14)10-8(11)15/h3,18H,1-2,4H2,(H,9,13)(H,10,14,15). The van der Waals surface area contributed by atoms with Gasteiger partial charge in [0.05, 0.1) is 11.1 Å². The Labute approximate surface area is 105 Å². The Kier molecular flexibility index (Phi) is 4.66. The van der Waals surface area contributed by atoms with Crippen LogP contribution in [0, 0.1) is 10.1 Å². The van der Waals surface area contributed by atoms with E-state index >= 15 is 0 Å². The minimum atomic E-state index is -1.10. The van der Waals surface area contributed by atoms with Crippen LogP contribution in [0.3, 0.4) is 0 Å². The fourth-order valence-electron chi connectivity index (χ4n) is 1.15. The van der Waals surface area contributed by atoms with Crippen molar-refractivity contribution in [2.45, 2.75) is 6.54 Å². The summed E-state index contributed by atoms with van der Waals surface area (Å²) in [6.45, 7) is -0.105. The SMILES string of the molecule is O=C(Cn1cc([N+](=O)[O-])c(=O)[nH]c1=O)NCCS. The number of nitrogens with zero attached hydrogens (tertiary/aromatic N) is 2. The van der Waals surface area contributed by atoms with Crippen molar-refractivity contribution in [3.05, 3.63) is 37.1 Å². The van der Waals surface area contributed by atoms with Crippen molar-refractivity contribution < 1.29 is 9.72 Å². The van der Waals surface area contributed by atoms with Gasteiger partial charge in [-0.3, -0.25) is 29.3 Å².